The molecule has 0 heterocycles. The number of methoxy groups -OCH3 is 1. The summed E-state index contributed by atoms with van der Waals surface area (Å²) in [6.45, 7) is 6.20. The molecule has 1 atom stereocenters. The Balaban J connectivity index is 2.35. The molecule has 8 nitrogen and oxygen atoms in total. The van der Waals surface area contributed by atoms with Crippen molar-refractivity contribution in [3.63, 3.8) is 0 Å². The lowest BCUT2D eigenvalue weighted by Crippen LogP contribution is -2.53. The van der Waals surface area contributed by atoms with Crippen LogP contribution in [0.2, 0.25) is 0 Å². The Morgan fingerprint density at radius 2 is 1.74 bits per heavy atom. The summed E-state index contributed by atoms with van der Waals surface area (Å²) in [5.41, 5.74) is 1.34. The second kappa shape index (κ2) is 13.1. The monoisotopic (exact) mass is 503 g/mol. The predicted octanol–water partition coefficient (Wildman–Crippen LogP) is 3.08. The molecule has 0 aliphatic rings. The van der Waals surface area contributed by atoms with E-state index >= 15 is 0 Å². The molecule has 1 N–H and O–H groups in total. The van der Waals surface area contributed by atoms with E-state index in [0.29, 0.717) is 30.8 Å². The molecule has 0 aromatic heterocycles. The van der Waals surface area contributed by atoms with E-state index in [1.54, 1.807) is 24.3 Å². The van der Waals surface area contributed by atoms with Crippen molar-refractivity contribution in [3.05, 3.63) is 60.2 Å². The van der Waals surface area contributed by atoms with Crippen molar-refractivity contribution >= 4 is 27.5 Å². The zero-order chi connectivity index (χ0) is 26.0. The van der Waals surface area contributed by atoms with Gasteiger partial charge in [-0.15, -0.1) is 0 Å². The Hall–Kier alpha value is -3.07. The SMILES string of the molecule is CCC(C(=O)NCC(C)C)N(CCc1ccccc1)C(=O)CN(c1cccc(OC)c1)S(C)(=O)=O. The summed E-state index contributed by atoms with van der Waals surface area (Å²) in [7, 11) is -2.29. The van der Waals surface area contributed by atoms with Crippen LogP contribution < -0.4 is 14.4 Å². The number of carbonyl (C=O) groups excluding carboxylic acids is 2. The average Bonchev–Trinajstić information content (AvgIpc) is 2.83. The standard InChI is InChI=1S/C26H37N3O5S/c1-6-24(26(31)27-18-20(2)3)28(16-15-21-11-8-7-9-12-21)25(30)19-29(35(5,32)33)22-13-10-14-23(17-22)34-4/h7-14,17,20,24H,6,15-16,18-19H2,1-5H3,(H,27,31). The van der Waals surface area contributed by atoms with Crippen molar-refractivity contribution in [1.82, 2.24) is 10.2 Å². The fourth-order valence-corrected chi connectivity index (χ4v) is 4.54. The maximum Gasteiger partial charge on any atom is 0.244 e. The number of nitrogens with zero attached hydrogens (tertiary/aromatic N) is 2. The minimum absolute atomic E-state index is 0.241. The number of carbonyl (C=O) groups is 2. The molecule has 0 aliphatic carbocycles. The average molecular weight is 504 g/mol. The molecule has 0 spiro atoms. The van der Waals surface area contributed by atoms with Crippen molar-refractivity contribution in [2.45, 2.75) is 39.7 Å². The Morgan fingerprint density at radius 1 is 1.06 bits per heavy atom. The molecule has 0 aliphatic heterocycles. The number of nitrogens with one attached hydrogen (secondary N) is 1. The Morgan fingerprint density at radius 3 is 2.31 bits per heavy atom. The number of hydrogen-bond donors (Lipinski definition) is 1. The Kier molecular flexibility index (Phi) is 10.6. The van der Waals surface area contributed by atoms with Crippen LogP contribution in [0.3, 0.4) is 0 Å². The number of amides is 2. The number of ether oxygens (including phenoxy) is 1. The van der Waals surface area contributed by atoms with Crippen LogP contribution in [0.25, 0.3) is 0 Å². The van der Waals surface area contributed by atoms with E-state index in [2.05, 4.69) is 5.32 Å². The van der Waals surface area contributed by atoms with Gasteiger partial charge in [-0.1, -0.05) is 57.2 Å². The molecular weight excluding hydrogens is 466 g/mol. The third kappa shape index (κ3) is 8.58. The Bertz CT molecular complexity index is 1070. The van der Waals surface area contributed by atoms with E-state index < -0.39 is 28.5 Å². The first-order chi connectivity index (χ1) is 16.6. The third-order valence-electron chi connectivity index (χ3n) is 5.58. The Labute approximate surface area is 209 Å². The van der Waals surface area contributed by atoms with Gasteiger partial charge in [-0.05, 0) is 36.5 Å². The van der Waals surface area contributed by atoms with Gasteiger partial charge in [0.05, 0.1) is 19.1 Å². The van der Waals surface area contributed by atoms with Gasteiger partial charge in [0.1, 0.15) is 18.3 Å². The second-order valence-electron chi connectivity index (χ2n) is 8.86. The first-order valence-corrected chi connectivity index (χ1v) is 13.6. The molecule has 0 saturated carbocycles. The third-order valence-corrected chi connectivity index (χ3v) is 6.72. The van der Waals surface area contributed by atoms with Gasteiger partial charge in [0, 0.05) is 19.2 Å². The van der Waals surface area contributed by atoms with Gasteiger partial charge in [0.15, 0.2) is 0 Å². The number of benzene rings is 2. The van der Waals surface area contributed by atoms with E-state index in [9.17, 15) is 18.0 Å². The topological polar surface area (TPSA) is 96.0 Å². The predicted molar refractivity (Wildman–Crippen MR) is 139 cm³/mol. The quantitative estimate of drug-likeness (QED) is 0.453. The smallest absolute Gasteiger partial charge is 0.244 e. The number of rotatable bonds is 13. The highest BCUT2D eigenvalue weighted by atomic mass is 32.2. The summed E-state index contributed by atoms with van der Waals surface area (Å²) in [4.78, 5) is 28.1. The summed E-state index contributed by atoms with van der Waals surface area (Å²) in [5.74, 6) is 0.0540. The van der Waals surface area contributed by atoms with Crippen LogP contribution in [-0.2, 0) is 26.0 Å². The second-order valence-corrected chi connectivity index (χ2v) is 10.8. The lowest BCUT2D eigenvalue weighted by molar-refractivity contribution is -0.139. The highest BCUT2D eigenvalue weighted by Gasteiger charge is 2.31. The lowest BCUT2D eigenvalue weighted by atomic mass is 10.1. The van der Waals surface area contributed by atoms with Gasteiger partial charge in [0.25, 0.3) is 0 Å². The number of sulfonamides is 1. The molecule has 2 aromatic carbocycles. The lowest BCUT2D eigenvalue weighted by Gasteiger charge is -2.33. The molecule has 2 rings (SSSR count). The van der Waals surface area contributed by atoms with Crippen molar-refractivity contribution in [2.24, 2.45) is 5.92 Å². The van der Waals surface area contributed by atoms with Gasteiger partial charge in [-0.2, -0.15) is 0 Å². The van der Waals surface area contributed by atoms with E-state index in [-0.39, 0.29) is 18.4 Å². The van der Waals surface area contributed by atoms with Crippen LogP contribution in [0.4, 0.5) is 5.69 Å². The van der Waals surface area contributed by atoms with Crippen LogP contribution in [0.15, 0.2) is 54.6 Å². The molecule has 2 aromatic rings. The highest BCUT2D eigenvalue weighted by molar-refractivity contribution is 7.92. The van der Waals surface area contributed by atoms with E-state index in [1.165, 1.54) is 12.0 Å². The summed E-state index contributed by atoms with van der Waals surface area (Å²) in [6, 6.07) is 15.5. The zero-order valence-electron chi connectivity index (χ0n) is 21.2. The molecule has 0 fully saturated rings. The molecule has 1 unspecified atom stereocenters. The maximum absolute atomic E-state index is 13.6. The van der Waals surface area contributed by atoms with Crippen LogP contribution in [0.1, 0.15) is 32.8 Å². The van der Waals surface area contributed by atoms with E-state index in [4.69, 9.17) is 4.74 Å². The fraction of sp³-hybridized carbons (Fsp3) is 0.462. The van der Waals surface area contributed by atoms with Crippen LogP contribution >= 0.6 is 0 Å². The molecule has 0 saturated heterocycles. The maximum atomic E-state index is 13.6. The van der Waals surface area contributed by atoms with E-state index in [1.807, 2.05) is 51.1 Å². The van der Waals surface area contributed by atoms with Gasteiger partial charge in [-0.3, -0.25) is 13.9 Å². The van der Waals surface area contributed by atoms with Gasteiger partial charge < -0.3 is 15.0 Å². The summed E-state index contributed by atoms with van der Waals surface area (Å²) >= 11 is 0. The minimum Gasteiger partial charge on any atom is -0.497 e. The summed E-state index contributed by atoms with van der Waals surface area (Å²) < 4.78 is 31.6. The van der Waals surface area contributed by atoms with Crippen LogP contribution in [-0.4, -0.2) is 64.2 Å². The van der Waals surface area contributed by atoms with Crippen molar-refractivity contribution in [3.8, 4) is 5.75 Å². The van der Waals surface area contributed by atoms with Crippen molar-refractivity contribution < 1.29 is 22.7 Å². The first-order valence-electron chi connectivity index (χ1n) is 11.8. The fourth-order valence-electron chi connectivity index (χ4n) is 3.70. The molecule has 0 bridgehead atoms. The molecule has 9 heteroatoms. The molecule has 0 radical (unpaired) electrons. The van der Waals surface area contributed by atoms with Gasteiger partial charge >= 0.3 is 0 Å². The highest BCUT2D eigenvalue weighted by Crippen LogP contribution is 2.23. The van der Waals surface area contributed by atoms with Crippen LogP contribution in [0.5, 0.6) is 5.75 Å². The van der Waals surface area contributed by atoms with Gasteiger partial charge in [-0.25, -0.2) is 8.42 Å². The first kappa shape index (κ1) is 28.2. The number of anilines is 1. The van der Waals surface area contributed by atoms with Crippen molar-refractivity contribution in [1.29, 1.82) is 0 Å². The zero-order valence-corrected chi connectivity index (χ0v) is 22.0. The largest absolute Gasteiger partial charge is 0.497 e. The molecular formula is C26H37N3O5S. The summed E-state index contributed by atoms with van der Waals surface area (Å²) in [6.07, 6.45) is 2.00. The number of hydrogen-bond acceptors (Lipinski definition) is 5. The van der Waals surface area contributed by atoms with Crippen molar-refractivity contribution in [2.75, 3.05) is 37.3 Å². The normalized spacial score (nSPS) is 12.2. The minimum atomic E-state index is -3.78. The van der Waals surface area contributed by atoms with E-state index in [0.717, 1.165) is 16.1 Å². The molecule has 35 heavy (non-hydrogen) atoms. The van der Waals surface area contributed by atoms with Gasteiger partial charge in [0.2, 0.25) is 21.8 Å². The molecule has 192 valence electrons. The molecule has 2 amide bonds. The van der Waals surface area contributed by atoms with Crippen LogP contribution in [0, 0.1) is 5.92 Å². The summed E-state index contributed by atoms with van der Waals surface area (Å²) in [5, 5.41) is 2.92.